The number of imidazole rings is 1. The number of hydrogen-bond acceptors (Lipinski definition) is 3. The number of anilines is 1. The van der Waals surface area contributed by atoms with Crippen LogP contribution in [0.1, 0.15) is 16.8 Å². The number of halogens is 1. The van der Waals surface area contributed by atoms with Gasteiger partial charge in [0.15, 0.2) is 0 Å². The molecular weight excluding hydrogens is 344 g/mol. The van der Waals surface area contributed by atoms with Crippen molar-refractivity contribution in [3.8, 4) is 23.0 Å². The van der Waals surface area contributed by atoms with Gasteiger partial charge in [0.2, 0.25) is 0 Å². The number of benzene rings is 1. The molecule has 0 spiro atoms. The van der Waals surface area contributed by atoms with E-state index in [1.807, 2.05) is 47.9 Å². The SMILES string of the molecule is Cc1cc(-c2ccc(Cl)cc2)cn2c(C#Cc3ccc(N)nc3)cnc12. The quantitative estimate of drug-likeness (QED) is 0.515. The first-order valence-corrected chi connectivity index (χ1v) is 8.45. The van der Waals surface area contributed by atoms with Gasteiger partial charge in [-0.05, 0) is 59.9 Å². The van der Waals surface area contributed by atoms with E-state index in [0.29, 0.717) is 5.82 Å². The van der Waals surface area contributed by atoms with Gasteiger partial charge in [0, 0.05) is 23.0 Å². The number of fused-ring (bicyclic) bond motifs is 1. The molecule has 4 rings (SSSR count). The van der Waals surface area contributed by atoms with Crippen LogP contribution >= 0.6 is 11.6 Å². The van der Waals surface area contributed by atoms with Crippen LogP contribution in [-0.2, 0) is 0 Å². The lowest BCUT2D eigenvalue weighted by molar-refractivity contribution is 1.14. The zero-order chi connectivity index (χ0) is 18.1. The van der Waals surface area contributed by atoms with E-state index in [-0.39, 0.29) is 0 Å². The maximum atomic E-state index is 6.00. The third-order valence-corrected chi connectivity index (χ3v) is 4.34. The van der Waals surface area contributed by atoms with Crippen LogP contribution in [-0.4, -0.2) is 14.4 Å². The third kappa shape index (κ3) is 3.13. The van der Waals surface area contributed by atoms with Crippen molar-refractivity contribution in [1.29, 1.82) is 0 Å². The van der Waals surface area contributed by atoms with Gasteiger partial charge in [-0.2, -0.15) is 0 Å². The van der Waals surface area contributed by atoms with Crippen LogP contribution in [0, 0.1) is 18.8 Å². The second kappa shape index (κ2) is 6.55. The summed E-state index contributed by atoms with van der Waals surface area (Å²) >= 11 is 6.00. The Bertz CT molecular complexity index is 1150. The molecule has 0 aliphatic heterocycles. The van der Waals surface area contributed by atoms with Crippen molar-refractivity contribution in [1.82, 2.24) is 14.4 Å². The molecule has 2 N–H and O–H groups in total. The van der Waals surface area contributed by atoms with Gasteiger partial charge < -0.3 is 5.73 Å². The summed E-state index contributed by atoms with van der Waals surface area (Å²) in [5, 5.41) is 0.720. The van der Waals surface area contributed by atoms with Crippen molar-refractivity contribution in [2.24, 2.45) is 0 Å². The molecule has 3 heterocycles. The van der Waals surface area contributed by atoms with E-state index in [1.165, 1.54) is 0 Å². The maximum absolute atomic E-state index is 6.00. The van der Waals surface area contributed by atoms with E-state index in [1.54, 1.807) is 18.5 Å². The van der Waals surface area contributed by atoms with Crippen molar-refractivity contribution in [2.75, 3.05) is 5.73 Å². The molecule has 0 saturated carbocycles. The molecule has 0 atom stereocenters. The second-order valence-electron chi connectivity index (χ2n) is 5.98. The van der Waals surface area contributed by atoms with Gasteiger partial charge in [0.1, 0.15) is 17.2 Å². The largest absolute Gasteiger partial charge is 0.384 e. The molecule has 4 nitrogen and oxygen atoms in total. The normalized spacial score (nSPS) is 10.5. The first-order valence-electron chi connectivity index (χ1n) is 8.07. The molecule has 0 unspecified atom stereocenters. The Kier molecular flexibility index (Phi) is 4.08. The van der Waals surface area contributed by atoms with Crippen molar-refractivity contribution in [3.05, 3.63) is 82.9 Å². The van der Waals surface area contributed by atoms with Crippen molar-refractivity contribution in [2.45, 2.75) is 6.92 Å². The maximum Gasteiger partial charge on any atom is 0.140 e. The van der Waals surface area contributed by atoms with Crippen LogP contribution in [0.2, 0.25) is 5.02 Å². The Morgan fingerprint density at radius 1 is 0.962 bits per heavy atom. The number of nitrogens with two attached hydrogens (primary N) is 1. The Labute approximate surface area is 156 Å². The van der Waals surface area contributed by atoms with Gasteiger partial charge in [-0.3, -0.25) is 4.40 Å². The summed E-state index contributed by atoms with van der Waals surface area (Å²) in [6.07, 6.45) is 5.49. The number of rotatable bonds is 1. The van der Waals surface area contributed by atoms with Crippen LogP contribution < -0.4 is 5.73 Å². The van der Waals surface area contributed by atoms with E-state index < -0.39 is 0 Å². The monoisotopic (exact) mass is 358 g/mol. The fourth-order valence-electron chi connectivity index (χ4n) is 2.77. The molecule has 4 aromatic rings. The molecule has 5 heteroatoms. The summed E-state index contributed by atoms with van der Waals surface area (Å²) in [4.78, 5) is 8.56. The molecular formula is C21H15ClN4. The van der Waals surface area contributed by atoms with Crippen LogP contribution in [0.5, 0.6) is 0 Å². The van der Waals surface area contributed by atoms with Gasteiger partial charge in [-0.1, -0.05) is 29.7 Å². The summed E-state index contributed by atoms with van der Waals surface area (Å²) in [6, 6.07) is 13.5. The van der Waals surface area contributed by atoms with Gasteiger partial charge >= 0.3 is 0 Å². The first-order chi connectivity index (χ1) is 12.6. The van der Waals surface area contributed by atoms with E-state index in [0.717, 1.165) is 38.6 Å². The van der Waals surface area contributed by atoms with Crippen LogP contribution in [0.15, 0.2) is 61.1 Å². The average molecular weight is 359 g/mol. The Balaban J connectivity index is 1.79. The lowest BCUT2D eigenvalue weighted by Gasteiger charge is -2.06. The molecule has 0 bridgehead atoms. The first kappa shape index (κ1) is 16.2. The summed E-state index contributed by atoms with van der Waals surface area (Å²) < 4.78 is 2.01. The Morgan fingerprint density at radius 3 is 2.50 bits per heavy atom. The van der Waals surface area contributed by atoms with Gasteiger partial charge in [-0.15, -0.1) is 0 Å². The topological polar surface area (TPSA) is 56.2 Å². The number of hydrogen-bond donors (Lipinski definition) is 1. The fourth-order valence-corrected chi connectivity index (χ4v) is 2.89. The van der Waals surface area contributed by atoms with Gasteiger partial charge in [-0.25, -0.2) is 9.97 Å². The highest BCUT2D eigenvalue weighted by molar-refractivity contribution is 6.30. The predicted molar refractivity (Wildman–Crippen MR) is 105 cm³/mol. The predicted octanol–water partition coefficient (Wildman–Crippen LogP) is 4.34. The number of pyridine rings is 2. The molecule has 1 aromatic carbocycles. The second-order valence-corrected chi connectivity index (χ2v) is 6.41. The van der Waals surface area contributed by atoms with E-state index in [9.17, 15) is 0 Å². The van der Waals surface area contributed by atoms with Crippen molar-refractivity contribution < 1.29 is 0 Å². The molecule has 0 aliphatic rings. The lowest BCUT2D eigenvalue weighted by Crippen LogP contribution is -1.93. The highest BCUT2D eigenvalue weighted by atomic mass is 35.5. The molecule has 26 heavy (non-hydrogen) atoms. The van der Waals surface area contributed by atoms with Crippen LogP contribution in [0.25, 0.3) is 16.8 Å². The Morgan fingerprint density at radius 2 is 1.77 bits per heavy atom. The van der Waals surface area contributed by atoms with Crippen LogP contribution in [0.3, 0.4) is 0 Å². The third-order valence-electron chi connectivity index (χ3n) is 4.09. The lowest BCUT2D eigenvalue weighted by atomic mass is 10.1. The zero-order valence-corrected chi connectivity index (χ0v) is 14.8. The number of aromatic nitrogens is 3. The zero-order valence-electron chi connectivity index (χ0n) is 14.1. The fraction of sp³-hybridized carbons (Fsp3) is 0.0476. The molecule has 0 saturated heterocycles. The van der Waals surface area contributed by atoms with E-state index in [4.69, 9.17) is 17.3 Å². The van der Waals surface area contributed by atoms with E-state index in [2.05, 4.69) is 27.9 Å². The number of nitrogens with zero attached hydrogens (tertiary/aromatic N) is 3. The number of aryl methyl sites for hydroxylation is 1. The standard InChI is InChI=1S/C21H15ClN4/c1-14-10-17(16-4-6-18(22)7-5-16)13-26-19(12-25-21(14)26)8-2-15-3-9-20(23)24-11-15/h3-7,9-13H,1H3,(H2,23,24). The summed E-state index contributed by atoms with van der Waals surface area (Å²) in [5.74, 6) is 6.75. The Hall–Kier alpha value is -3.29. The van der Waals surface area contributed by atoms with Gasteiger partial charge in [0.05, 0.1) is 6.20 Å². The van der Waals surface area contributed by atoms with Gasteiger partial charge in [0.25, 0.3) is 0 Å². The minimum absolute atomic E-state index is 0.480. The van der Waals surface area contributed by atoms with Crippen molar-refractivity contribution in [3.63, 3.8) is 0 Å². The molecule has 126 valence electrons. The summed E-state index contributed by atoms with van der Waals surface area (Å²) in [6.45, 7) is 2.04. The van der Waals surface area contributed by atoms with Crippen molar-refractivity contribution >= 4 is 23.1 Å². The minimum Gasteiger partial charge on any atom is -0.384 e. The van der Waals surface area contributed by atoms with Crippen LogP contribution in [0.4, 0.5) is 5.82 Å². The molecule has 0 aliphatic carbocycles. The summed E-state index contributed by atoms with van der Waals surface area (Å²) in [5.41, 5.74) is 11.4. The molecule has 0 amide bonds. The average Bonchev–Trinajstić information content (AvgIpc) is 3.05. The number of nitrogen functional groups attached to an aromatic ring is 1. The highest BCUT2D eigenvalue weighted by Crippen LogP contribution is 2.24. The molecule has 0 fully saturated rings. The highest BCUT2D eigenvalue weighted by Gasteiger charge is 2.07. The van der Waals surface area contributed by atoms with E-state index >= 15 is 0 Å². The molecule has 3 aromatic heterocycles. The summed E-state index contributed by atoms with van der Waals surface area (Å²) in [7, 11) is 0. The molecule has 0 radical (unpaired) electrons. The minimum atomic E-state index is 0.480. The smallest absolute Gasteiger partial charge is 0.140 e.